The quantitative estimate of drug-likeness (QED) is 0.120. The molecule has 2 aromatic heterocycles. The lowest BCUT2D eigenvalue weighted by Gasteiger charge is -2.37. The fraction of sp³-hybridized carbons (Fsp3) is 0.542. The zero-order chi connectivity index (χ0) is 44.1. The fourth-order valence-electron chi connectivity index (χ4n) is 10.7. The number of benzene rings is 2. The van der Waals surface area contributed by atoms with Crippen LogP contribution in [0.1, 0.15) is 114 Å². The summed E-state index contributed by atoms with van der Waals surface area (Å²) in [4.78, 5) is 73.2. The minimum absolute atomic E-state index is 0.117. The highest BCUT2D eigenvalue weighted by molar-refractivity contribution is 5.88. The molecule has 4 N–H and O–H groups in total. The van der Waals surface area contributed by atoms with Gasteiger partial charge in [-0.25, -0.2) is 19.6 Å². The van der Waals surface area contributed by atoms with E-state index in [-0.39, 0.29) is 23.7 Å². The number of ether oxygens (including phenoxy) is 2. The van der Waals surface area contributed by atoms with Crippen molar-refractivity contribution in [2.75, 3.05) is 27.3 Å². The van der Waals surface area contributed by atoms with Gasteiger partial charge in [0, 0.05) is 24.2 Å². The van der Waals surface area contributed by atoms with Crippen LogP contribution in [0.4, 0.5) is 9.59 Å². The topological polar surface area (TPSA) is 175 Å². The second kappa shape index (κ2) is 16.9. The molecule has 2 saturated heterocycles. The molecule has 4 heterocycles. The highest BCUT2D eigenvalue weighted by Gasteiger charge is 2.47. The fourth-order valence-corrected chi connectivity index (χ4v) is 10.7. The summed E-state index contributed by atoms with van der Waals surface area (Å²) in [6.45, 7) is 13.0. The highest BCUT2D eigenvalue weighted by atomic mass is 16.5. The van der Waals surface area contributed by atoms with E-state index in [2.05, 4.69) is 58.7 Å². The largest absolute Gasteiger partial charge is 0.453 e. The predicted octanol–water partition coefficient (Wildman–Crippen LogP) is 7.55. The maximum Gasteiger partial charge on any atom is 0.407 e. The Morgan fingerprint density at radius 1 is 0.597 bits per heavy atom. The van der Waals surface area contributed by atoms with Crippen LogP contribution in [0.5, 0.6) is 0 Å². The number of hydrogen-bond donors (Lipinski definition) is 4. The number of rotatable bonds is 11. The third kappa shape index (κ3) is 7.42. The van der Waals surface area contributed by atoms with Gasteiger partial charge in [0.15, 0.2) is 0 Å². The molecule has 0 saturated carbocycles. The van der Waals surface area contributed by atoms with Gasteiger partial charge in [-0.1, -0.05) is 52.0 Å². The van der Waals surface area contributed by atoms with Crippen molar-refractivity contribution in [3.05, 3.63) is 70.6 Å². The number of hydrogen-bond acceptors (Lipinski definition) is 8. The maximum atomic E-state index is 14.0. The lowest BCUT2D eigenvalue weighted by atomic mass is 9.87. The second-order valence-corrected chi connectivity index (χ2v) is 18.7. The van der Waals surface area contributed by atoms with Gasteiger partial charge in [-0.15, -0.1) is 0 Å². The van der Waals surface area contributed by atoms with Crippen LogP contribution in [-0.2, 0) is 55.8 Å². The van der Waals surface area contributed by atoms with Crippen LogP contribution >= 0.6 is 0 Å². The van der Waals surface area contributed by atoms with E-state index in [4.69, 9.17) is 19.4 Å². The van der Waals surface area contributed by atoms with Crippen molar-refractivity contribution < 1.29 is 28.7 Å². The molecule has 2 fully saturated rings. The van der Waals surface area contributed by atoms with Crippen molar-refractivity contribution in [2.45, 2.75) is 129 Å². The molecular weight excluding hydrogens is 785 g/mol. The number of imidazole rings is 2. The minimum Gasteiger partial charge on any atom is -0.453 e. The summed E-state index contributed by atoms with van der Waals surface area (Å²) in [6, 6.07) is 7.63. The summed E-state index contributed by atoms with van der Waals surface area (Å²) < 4.78 is 9.67. The first-order chi connectivity index (χ1) is 29.7. The Labute approximate surface area is 364 Å². The van der Waals surface area contributed by atoms with Gasteiger partial charge in [-0.2, -0.15) is 0 Å². The standard InChI is InChI=1S/C48H62N8O6/c1-27(2)39(53-45(59)61-7)41(57)55-23-11-21-47(55,5)43-49-25-37(51-43)35-19-17-33(29-13-9-15-31(29)35)34-18-20-36(32-16-10-14-30(32)34)38-26-50-44(52-38)48(6)22-12-24-56(48)42(58)40(28(3)4)54-46(60)62-8/h17-20,25-28,39-40H,9-16,21-24H2,1-8H3,(H,49,51)(H,50,52)(H,53,59)(H,54,60). The van der Waals surface area contributed by atoms with E-state index in [0.29, 0.717) is 13.1 Å². The Bertz CT molecular complexity index is 2220. The zero-order valence-corrected chi connectivity index (χ0v) is 37.5. The molecule has 4 unspecified atom stereocenters. The lowest BCUT2D eigenvalue weighted by Crippen LogP contribution is -2.55. The minimum atomic E-state index is -0.706. The number of amides is 4. The van der Waals surface area contributed by atoms with Gasteiger partial charge in [-0.3, -0.25) is 9.59 Å². The molecule has 2 aliphatic heterocycles. The van der Waals surface area contributed by atoms with Gasteiger partial charge in [-0.05, 0) is 123 Å². The number of nitrogens with one attached hydrogen (secondary N) is 4. The molecule has 0 radical (unpaired) electrons. The van der Waals surface area contributed by atoms with E-state index in [9.17, 15) is 19.2 Å². The monoisotopic (exact) mass is 846 g/mol. The van der Waals surface area contributed by atoms with Gasteiger partial charge in [0.25, 0.3) is 0 Å². The van der Waals surface area contributed by atoms with Crippen molar-refractivity contribution in [1.29, 1.82) is 0 Å². The van der Waals surface area contributed by atoms with Crippen molar-refractivity contribution >= 4 is 24.0 Å². The summed E-state index contributed by atoms with van der Waals surface area (Å²) in [5.74, 6) is 1.01. The molecule has 4 aliphatic rings. The van der Waals surface area contributed by atoms with Crippen molar-refractivity contribution in [3.63, 3.8) is 0 Å². The number of H-pyrrole nitrogens is 2. The number of likely N-dealkylation sites (tertiary alicyclic amines) is 2. The molecular formula is C48H62N8O6. The third-order valence-corrected chi connectivity index (χ3v) is 14.2. The highest BCUT2D eigenvalue weighted by Crippen LogP contribution is 2.46. The molecule has 330 valence electrons. The molecule has 0 bridgehead atoms. The van der Waals surface area contributed by atoms with E-state index < -0.39 is 35.3 Å². The summed E-state index contributed by atoms with van der Waals surface area (Å²) in [5, 5.41) is 5.51. The second-order valence-electron chi connectivity index (χ2n) is 18.7. The first-order valence-corrected chi connectivity index (χ1v) is 22.4. The molecule has 2 aromatic carbocycles. The third-order valence-electron chi connectivity index (χ3n) is 14.2. The number of fused-ring (bicyclic) bond motifs is 2. The maximum absolute atomic E-state index is 14.0. The summed E-state index contributed by atoms with van der Waals surface area (Å²) in [7, 11) is 2.61. The van der Waals surface area contributed by atoms with E-state index >= 15 is 0 Å². The SMILES string of the molecule is COC(=O)NC(C(=O)N1CCCC1(C)c1ncc(-c2ccc(-c3ccc(-c4cnc(C5(C)CCCN5C(=O)C(NC(=O)OC)C(C)C)[nH]4)c4c3CCC4)c3c2CCC3)[nH]1)C(C)C. The van der Waals surface area contributed by atoms with Gasteiger partial charge in [0.1, 0.15) is 23.7 Å². The Morgan fingerprint density at radius 2 is 0.952 bits per heavy atom. The van der Waals surface area contributed by atoms with Crippen molar-refractivity contribution in [3.8, 4) is 33.6 Å². The van der Waals surface area contributed by atoms with Crippen LogP contribution in [0.2, 0.25) is 0 Å². The molecule has 4 amide bonds. The summed E-state index contributed by atoms with van der Waals surface area (Å²) >= 11 is 0. The molecule has 4 atom stereocenters. The van der Waals surface area contributed by atoms with Gasteiger partial charge >= 0.3 is 12.2 Å². The van der Waals surface area contributed by atoms with E-state index in [1.54, 1.807) is 0 Å². The average molecular weight is 847 g/mol. The number of alkyl carbamates (subject to hydrolysis) is 2. The number of nitrogens with zero attached hydrogens (tertiary/aromatic N) is 4. The van der Waals surface area contributed by atoms with Gasteiger partial charge in [0.2, 0.25) is 11.8 Å². The van der Waals surface area contributed by atoms with Crippen LogP contribution in [0.3, 0.4) is 0 Å². The number of carbonyl (C=O) groups excluding carboxylic acids is 4. The van der Waals surface area contributed by atoms with Crippen molar-refractivity contribution in [2.24, 2.45) is 11.8 Å². The molecule has 62 heavy (non-hydrogen) atoms. The lowest BCUT2D eigenvalue weighted by molar-refractivity contribution is -0.139. The molecule has 2 aliphatic carbocycles. The van der Waals surface area contributed by atoms with Crippen LogP contribution in [-0.4, -0.2) is 93.1 Å². The molecule has 14 heteroatoms. The number of aromatic nitrogens is 4. The van der Waals surface area contributed by atoms with E-state index in [1.165, 1.54) is 47.6 Å². The smallest absolute Gasteiger partial charge is 0.407 e. The van der Waals surface area contributed by atoms with Crippen LogP contribution in [0.15, 0.2) is 36.7 Å². The molecule has 8 rings (SSSR count). The first kappa shape index (κ1) is 43.0. The molecule has 4 aromatic rings. The van der Waals surface area contributed by atoms with Crippen LogP contribution in [0, 0.1) is 11.8 Å². The summed E-state index contributed by atoms with van der Waals surface area (Å²) in [5.41, 5.74) is 11.0. The molecule has 14 nitrogen and oxygen atoms in total. The molecule has 0 spiro atoms. The normalized spacial score (nSPS) is 21.6. The Hall–Kier alpha value is -5.66. The van der Waals surface area contributed by atoms with E-state index in [0.717, 1.165) is 98.4 Å². The van der Waals surface area contributed by atoms with Crippen LogP contribution < -0.4 is 10.6 Å². The number of methoxy groups -OCH3 is 2. The Kier molecular flexibility index (Phi) is 11.7. The Morgan fingerprint density at radius 3 is 1.31 bits per heavy atom. The Balaban J connectivity index is 1.06. The van der Waals surface area contributed by atoms with Gasteiger partial charge < -0.3 is 39.9 Å². The average Bonchev–Trinajstić information content (AvgIpc) is 4.12. The number of aromatic amines is 2. The van der Waals surface area contributed by atoms with Crippen molar-refractivity contribution in [1.82, 2.24) is 40.4 Å². The summed E-state index contributed by atoms with van der Waals surface area (Å²) in [6.07, 6.45) is 11.9. The van der Waals surface area contributed by atoms with Gasteiger partial charge in [0.05, 0.1) is 49.1 Å². The zero-order valence-electron chi connectivity index (χ0n) is 37.5. The first-order valence-electron chi connectivity index (χ1n) is 22.4. The van der Waals surface area contributed by atoms with E-state index in [1.807, 2.05) is 49.9 Å². The number of carbonyl (C=O) groups is 4. The predicted molar refractivity (Wildman–Crippen MR) is 236 cm³/mol. The van der Waals surface area contributed by atoms with Crippen LogP contribution in [0.25, 0.3) is 33.6 Å².